The number of fused-ring (bicyclic) bond motifs is 5. The lowest BCUT2D eigenvalue weighted by Gasteiger charge is -2.22. The van der Waals surface area contributed by atoms with Crippen LogP contribution in [-0.4, -0.2) is 105 Å². The molecule has 5 unspecified atom stereocenters. The Bertz CT molecular complexity index is 2570. The lowest BCUT2D eigenvalue weighted by Crippen LogP contribution is -2.30. The van der Waals surface area contributed by atoms with E-state index in [9.17, 15) is 19.3 Å². The molecule has 0 aromatic heterocycles. The Morgan fingerprint density at radius 2 is 1.39 bits per heavy atom. The minimum Gasteiger partial charge on any atom is -0.511 e. The molecule has 0 aromatic carbocycles. The number of unbranched alkanes of at least 4 members (excludes halogenated alkanes) is 15. The van der Waals surface area contributed by atoms with E-state index < -0.39 is 25.9 Å². The van der Waals surface area contributed by atoms with Gasteiger partial charge in [-0.05, 0) is 108 Å². The number of aliphatic imine (C=N–C) groups is 3. The second-order valence-electron chi connectivity index (χ2n) is 22.5. The minimum atomic E-state index is -4.04. The van der Waals surface area contributed by atoms with Gasteiger partial charge in [-0.1, -0.05) is 124 Å². The van der Waals surface area contributed by atoms with Crippen molar-refractivity contribution in [3.05, 3.63) is 91.5 Å². The predicted molar refractivity (Wildman–Crippen MR) is 317 cm³/mol. The smallest absolute Gasteiger partial charge is 0.474 e. The van der Waals surface area contributed by atoms with Crippen molar-refractivity contribution in [2.45, 2.75) is 209 Å². The molecule has 6 aliphatic rings. The molecule has 5 aliphatic heterocycles. The molecule has 5 atom stereocenters. The van der Waals surface area contributed by atoms with Gasteiger partial charge in [-0.3, -0.25) is 23.2 Å². The first-order chi connectivity index (χ1) is 38.0. The number of aliphatic hydroxyl groups excluding tert-OH is 1. The molecule has 8 bridgehead atoms. The van der Waals surface area contributed by atoms with Crippen LogP contribution in [0.4, 0.5) is 0 Å². The second kappa shape index (κ2) is 31.6. The fourth-order valence-electron chi connectivity index (χ4n) is 11.3. The van der Waals surface area contributed by atoms with Crippen molar-refractivity contribution < 1.29 is 47.0 Å². The van der Waals surface area contributed by atoms with Gasteiger partial charge in [-0.2, -0.15) is 0 Å². The Morgan fingerprint density at radius 3 is 2.04 bits per heavy atom. The minimum absolute atomic E-state index is 0.00554. The van der Waals surface area contributed by atoms with Gasteiger partial charge in [0.25, 0.3) is 0 Å². The second-order valence-corrected chi connectivity index (χ2v) is 24.3. The van der Waals surface area contributed by atoms with E-state index in [1.807, 2.05) is 32.0 Å². The number of esters is 2. The van der Waals surface area contributed by atoms with Crippen molar-refractivity contribution in [1.29, 1.82) is 0 Å². The molecule has 0 spiro atoms. The van der Waals surface area contributed by atoms with Crippen LogP contribution < -0.4 is 5.32 Å². The number of ether oxygens (including phenoxy) is 3. The third-order valence-corrected chi connectivity index (χ3v) is 17.6. The number of nitrogens with zero attached hydrogens (tertiary/aromatic N) is 4. The van der Waals surface area contributed by atoms with Gasteiger partial charge in [0.1, 0.15) is 12.4 Å². The van der Waals surface area contributed by atoms with E-state index in [4.69, 9.17) is 42.8 Å². The summed E-state index contributed by atoms with van der Waals surface area (Å²) in [6.45, 7) is 17.6. The van der Waals surface area contributed by atoms with E-state index in [2.05, 4.69) is 65.9 Å². The molecule has 0 radical (unpaired) electrons. The van der Waals surface area contributed by atoms with E-state index in [-0.39, 0.29) is 62.8 Å². The number of allylic oxidation sites excluding steroid dienone is 11. The fourth-order valence-corrected chi connectivity index (χ4v) is 12.3. The summed E-state index contributed by atoms with van der Waals surface area (Å²) < 4.78 is 48.2. The Hall–Kier alpha value is -4.50. The predicted octanol–water partition coefficient (Wildman–Crippen LogP) is 14.7. The average molecular weight is 1110 g/mol. The lowest BCUT2D eigenvalue weighted by atomic mass is 9.86. The van der Waals surface area contributed by atoms with Crippen molar-refractivity contribution >= 4 is 36.9 Å². The number of likely N-dealkylation sites (N-methyl/N-ethyl adjacent to an activating group) is 1. The van der Waals surface area contributed by atoms with Crippen LogP contribution in [0.2, 0.25) is 0 Å². The topological polar surface area (TPSA) is 179 Å². The Morgan fingerprint density at radius 1 is 0.759 bits per heavy atom. The van der Waals surface area contributed by atoms with Crippen LogP contribution in [0.5, 0.6) is 0 Å². The van der Waals surface area contributed by atoms with Crippen LogP contribution >= 0.6 is 7.82 Å². The number of nitrogens with one attached hydrogen (secondary N) is 1. The van der Waals surface area contributed by atoms with Crippen LogP contribution in [0.25, 0.3) is 0 Å². The van der Waals surface area contributed by atoms with Crippen molar-refractivity contribution in [2.75, 3.05) is 54.2 Å². The molecular formula is C63H96N5O10P. The number of aliphatic hydroxyl groups is 1. The van der Waals surface area contributed by atoms with Crippen LogP contribution in [-0.2, 0) is 41.9 Å². The molecule has 0 aromatic rings. The molecule has 0 saturated carbocycles. The quantitative estimate of drug-likeness (QED) is 0.0345. The van der Waals surface area contributed by atoms with Gasteiger partial charge in [0, 0.05) is 79.5 Å². The highest BCUT2D eigenvalue weighted by Gasteiger charge is 2.42. The zero-order valence-corrected chi connectivity index (χ0v) is 50.9. The largest absolute Gasteiger partial charge is 0.511 e. The molecule has 1 saturated heterocycles. The Balaban J connectivity index is 1.20. The summed E-state index contributed by atoms with van der Waals surface area (Å²) >= 11 is 0. The molecule has 1 aliphatic carbocycles. The summed E-state index contributed by atoms with van der Waals surface area (Å²) in [6.07, 6.45) is 26.7. The van der Waals surface area contributed by atoms with E-state index in [1.165, 1.54) is 71.3 Å². The third-order valence-electron chi connectivity index (χ3n) is 16.2. The first kappa shape index (κ1) is 63.7. The fraction of sp³-hybridized carbons (Fsp3) is 0.667. The number of hydrogen-bond acceptors (Lipinski definition) is 15. The number of rotatable bonds is 36. The molecular weight excluding hydrogens is 1020 g/mol. The van der Waals surface area contributed by atoms with Gasteiger partial charge in [0.15, 0.2) is 6.10 Å². The first-order valence-corrected chi connectivity index (χ1v) is 31.5. The molecule has 6 rings (SSSR count). The maximum Gasteiger partial charge on any atom is 0.474 e. The lowest BCUT2D eigenvalue weighted by molar-refractivity contribution is -0.161. The Labute approximate surface area is 473 Å². The van der Waals surface area contributed by atoms with Gasteiger partial charge in [0.05, 0.1) is 53.5 Å². The maximum absolute atomic E-state index is 14.1. The zero-order chi connectivity index (χ0) is 57.1. The number of carbonyl (C=O) groups is 2. The van der Waals surface area contributed by atoms with Crippen molar-refractivity contribution in [3.63, 3.8) is 0 Å². The third kappa shape index (κ3) is 17.7. The highest BCUT2D eigenvalue weighted by molar-refractivity contribution is 7.48. The average Bonchev–Trinajstić information content (AvgIpc) is 4.36. The maximum atomic E-state index is 14.1. The summed E-state index contributed by atoms with van der Waals surface area (Å²) in [5, 5.41) is 15.5. The summed E-state index contributed by atoms with van der Waals surface area (Å²) in [6, 6.07) is 0. The number of hydrogen-bond donors (Lipinski definition) is 2. The summed E-state index contributed by atoms with van der Waals surface area (Å²) in [4.78, 5) is 44.9. The van der Waals surface area contributed by atoms with Crippen LogP contribution in [0.15, 0.2) is 106 Å². The normalized spacial score (nSPS) is 20.4. The molecule has 0 amide bonds. The molecule has 1 fully saturated rings. The monoisotopic (exact) mass is 1110 g/mol. The van der Waals surface area contributed by atoms with Gasteiger partial charge in [-0.25, -0.2) is 19.5 Å². The molecule has 15 nitrogen and oxygen atoms in total. The van der Waals surface area contributed by atoms with E-state index >= 15 is 0 Å². The zero-order valence-electron chi connectivity index (χ0n) is 50.0. The standard InChI is InChI=1S/C63H96N5O10P/c1-12-15-17-19-20-21-22-23-24-25-26-27-28-30-58(70)75-40-47(41-77-79(72,73-11)76-35-33-68(9)10)78-59(71)32-31-49-43(5)52-37-53-44(6)60(46(8)74-34-29-18-16-13-2)56(65-53)39-51-42(4)48(14-3)55(64-51)38-54-45(7)61-57(69)36-50(62(49)66-52)63(61)67-54/h37-39,43,46-47,49,66,69H,12-36,40-41H2,1-11H3. The van der Waals surface area contributed by atoms with Crippen molar-refractivity contribution in [1.82, 2.24) is 10.2 Å². The van der Waals surface area contributed by atoms with Crippen molar-refractivity contribution in [3.8, 4) is 0 Å². The molecule has 5 heterocycles. The molecule has 16 heteroatoms. The van der Waals surface area contributed by atoms with E-state index in [0.29, 0.717) is 26.0 Å². The molecule has 438 valence electrons. The Kier molecular flexibility index (Phi) is 25.5. The number of phosphoric ester groups is 1. The van der Waals surface area contributed by atoms with Gasteiger partial charge >= 0.3 is 19.8 Å². The highest BCUT2D eigenvalue weighted by atomic mass is 31.2. The van der Waals surface area contributed by atoms with Gasteiger partial charge in [-0.15, -0.1) is 0 Å². The summed E-state index contributed by atoms with van der Waals surface area (Å²) in [7, 11) is 0.921. The van der Waals surface area contributed by atoms with Crippen LogP contribution in [0.3, 0.4) is 0 Å². The van der Waals surface area contributed by atoms with Crippen LogP contribution in [0, 0.1) is 11.8 Å². The highest BCUT2D eigenvalue weighted by Crippen LogP contribution is 2.49. The first-order valence-electron chi connectivity index (χ1n) is 30.1. The van der Waals surface area contributed by atoms with Gasteiger partial charge in [0.2, 0.25) is 0 Å². The van der Waals surface area contributed by atoms with E-state index in [1.54, 1.807) is 0 Å². The summed E-state index contributed by atoms with van der Waals surface area (Å²) in [5.41, 5.74) is 13.4. The van der Waals surface area contributed by atoms with Crippen molar-refractivity contribution in [2.24, 2.45) is 26.8 Å². The van der Waals surface area contributed by atoms with E-state index in [0.717, 1.165) is 130 Å². The van der Waals surface area contributed by atoms with Crippen LogP contribution in [0.1, 0.15) is 197 Å². The van der Waals surface area contributed by atoms with Gasteiger partial charge < -0.3 is 29.5 Å². The molecule has 2 N–H and O–H groups in total. The SMILES string of the molecule is CCCCCCCCCCCCCCCC(=O)OCC(COP(=O)(OC)OCCN(C)C)OC(=O)CCC1C2=C3CC(O)=C4C3=NC(=C4C)C=C3N=C(C=C4N=C(C=C(N2)C1C)C(C)=C4C(C)OCCCCCC)C(C)=C3CC. The molecule has 79 heavy (non-hydrogen) atoms. The summed E-state index contributed by atoms with van der Waals surface area (Å²) in [5.74, 6) is -1.03. The number of phosphoric acid groups is 1. The number of carbonyl (C=O) groups excluding carboxylic acids is 2.